The van der Waals surface area contributed by atoms with Gasteiger partial charge in [0.25, 0.3) is 0 Å². The molecule has 2 atom stereocenters. The molecule has 0 radical (unpaired) electrons. The third-order valence-electron chi connectivity index (χ3n) is 4.83. The van der Waals surface area contributed by atoms with Gasteiger partial charge >= 0.3 is 7.60 Å². The van der Waals surface area contributed by atoms with Gasteiger partial charge in [-0.2, -0.15) is 0 Å². The average Bonchev–Trinajstić information content (AvgIpc) is 2.76. The van der Waals surface area contributed by atoms with Crippen molar-refractivity contribution in [3.63, 3.8) is 0 Å². The summed E-state index contributed by atoms with van der Waals surface area (Å²) in [5.41, 5.74) is 3.35. The van der Waals surface area contributed by atoms with Gasteiger partial charge in [-0.15, -0.1) is 0 Å². The summed E-state index contributed by atoms with van der Waals surface area (Å²) in [5, 5.41) is 2.73. The van der Waals surface area contributed by atoms with Crippen LogP contribution in [-0.2, 0) is 24.6 Å². The van der Waals surface area contributed by atoms with E-state index in [1.54, 1.807) is 12.1 Å². The molecule has 0 aliphatic rings. The Morgan fingerprint density at radius 1 is 0.806 bits per heavy atom. The van der Waals surface area contributed by atoms with Crippen LogP contribution in [0.3, 0.4) is 0 Å². The average molecular weight is 437 g/mol. The minimum Gasteiger partial charge on any atom is -0.326 e. The molecule has 0 aromatic heterocycles. The Morgan fingerprint density at radius 2 is 1.26 bits per heavy atom. The fourth-order valence-electron chi connectivity index (χ4n) is 3.27. The standard InChI is InChI=1S/C25H28NO4P/c1-19(23-10-6-4-7-11-23)29-31(28,30-20(2)24-12-8-5-9-13-24)18-22-14-16-25(17-15-22)26-21(3)27/h4-17,19-20H,18H2,1-3H3,(H,26,27)/t19-,20-/m1/s1. The van der Waals surface area contributed by atoms with Crippen molar-refractivity contribution < 1.29 is 18.4 Å². The highest BCUT2D eigenvalue weighted by Gasteiger charge is 2.31. The van der Waals surface area contributed by atoms with E-state index in [0.29, 0.717) is 5.69 Å². The van der Waals surface area contributed by atoms with Crippen LogP contribution in [0.4, 0.5) is 5.69 Å². The highest BCUT2D eigenvalue weighted by Crippen LogP contribution is 2.57. The molecule has 6 heteroatoms. The molecule has 0 aliphatic carbocycles. The van der Waals surface area contributed by atoms with Crippen LogP contribution >= 0.6 is 7.60 Å². The molecule has 0 saturated carbocycles. The largest absolute Gasteiger partial charge is 0.336 e. The highest BCUT2D eigenvalue weighted by atomic mass is 31.2. The first-order valence-corrected chi connectivity index (χ1v) is 12.0. The molecular weight excluding hydrogens is 409 g/mol. The lowest BCUT2D eigenvalue weighted by Gasteiger charge is -2.26. The zero-order valence-corrected chi connectivity index (χ0v) is 18.9. The summed E-state index contributed by atoms with van der Waals surface area (Å²) >= 11 is 0. The van der Waals surface area contributed by atoms with Crippen LogP contribution < -0.4 is 5.32 Å². The van der Waals surface area contributed by atoms with Crippen molar-refractivity contribution in [1.29, 1.82) is 0 Å². The van der Waals surface area contributed by atoms with Crippen LogP contribution in [0.25, 0.3) is 0 Å². The van der Waals surface area contributed by atoms with E-state index in [2.05, 4.69) is 5.32 Å². The van der Waals surface area contributed by atoms with E-state index < -0.39 is 19.8 Å². The molecule has 31 heavy (non-hydrogen) atoms. The molecule has 0 heterocycles. The second-order valence-electron chi connectivity index (χ2n) is 7.46. The third kappa shape index (κ3) is 6.90. The molecule has 0 saturated heterocycles. The highest BCUT2D eigenvalue weighted by molar-refractivity contribution is 7.53. The van der Waals surface area contributed by atoms with Crippen molar-refractivity contribution >= 4 is 19.2 Å². The summed E-state index contributed by atoms with van der Waals surface area (Å²) in [6.45, 7) is 5.20. The van der Waals surface area contributed by atoms with E-state index in [-0.39, 0.29) is 12.1 Å². The number of anilines is 1. The quantitative estimate of drug-likeness (QED) is 0.370. The van der Waals surface area contributed by atoms with Crippen LogP contribution in [0, 0.1) is 0 Å². The maximum Gasteiger partial charge on any atom is 0.336 e. The summed E-state index contributed by atoms with van der Waals surface area (Å²) in [7, 11) is -3.51. The first-order chi connectivity index (χ1) is 14.8. The molecule has 5 nitrogen and oxygen atoms in total. The molecule has 1 amide bonds. The Hall–Kier alpha value is -2.72. The van der Waals surface area contributed by atoms with E-state index >= 15 is 0 Å². The predicted molar refractivity (Wildman–Crippen MR) is 124 cm³/mol. The Kier molecular flexibility index (Phi) is 7.80. The first-order valence-electron chi connectivity index (χ1n) is 10.3. The SMILES string of the molecule is CC(=O)Nc1ccc(CP(=O)(O[C@H](C)c2ccccc2)O[C@H](C)c2ccccc2)cc1. The van der Waals surface area contributed by atoms with E-state index in [1.807, 2.05) is 86.6 Å². The number of benzene rings is 3. The van der Waals surface area contributed by atoms with Crippen molar-refractivity contribution in [3.8, 4) is 0 Å². The minimum atomic E-state index is -3.51. The lowest BCUT2D eigenvalue weighted by atomic mass is 10.1. The van der Waals surface area contributed by atoms with Crippen LogP contribution in [-0.4, -0.2) is 5.91 Å². The lowest BCUT2D eigenvalue weighted by molar-refractivity contribution is -0.114. The normalized spacial score (nSPS) is 13.4. The molecule has 0 aliphatic heterocycles. The molecule has 0 bridgehead atoms. The molecule has 1 N–H and O–H groups in total. The molecule has 3 aromatic rings. The number of rotatable bonds is 9. The summed E-state index contributed by atoms with van der Waals surface area (Å²) in [6, 6.07) is 26.5. The van der Waals surface area contributed by atoms with E-state index in [1.165, 1.54) is 6.92 Å². The fraction of sp³-hybridized carbons (Fsp3) is 0.240. The molecule has 0 fully saturated rings. The minimum absolute atomic E-state index is 0.127. The van der Waals surface area contributed by atoms with Gasteiger partial charge < -0.3 is 14.4 Å². The second kappa shape index (κ2) is 10.5. The second-order valence-corrected chi connectivity index (χ2v) is 9.42. The summed E-state index contributed by atoms with van der Waals surface area (Å²) < 4.78 is 26.1. The van der Waals surface area contributed by atoms with Gasteiger partial charge in [0, 0.05) is 12.6 Å². The maximum atomic E-state index is 13.9. The molecular formula is C25H28NO4P. The number of hydrogen-bond acceptors (Lipinski definition) is 4. The zero-order chi connectivity index (χ0) is 22.3. The smallest absolute Gasteiger partial charge is 0.326 e. The lowest BCUT2D eigenvalue weighted by Crippen LogP contribution is -2.07. The number of nitrogens with one attached hydrogen (secondary N) is 1. The van der Waals surface area contributed by atoms with Gasteiger partial charge in [-0.1, -0.05) is 72.8 Å². The number of amides is 1. The molecule has 162 valence electrons. The zero-order valence-electron chi connectivity index (χ0n) is 18.0. The molecule has 3 aromatic carbocycles. The van der Waals surface area contributed by atoms with Crippen LogP contribution in [0.2, 0.25) is 0 Å². The van der Waals surface area contributed by atoms with Gasteiger partial charge in [0.1, 0.15) is 0 Å². The number of carbonyl (C=O) groups is 1. The molecule has 0 unspecified atom stereocenters. The van der Waals surface area contributed by atoms with Crippen molar-refractivity contribution in [2.45, 2.75) is 39.1 Å². The van der Waals surface area contributed by atoms with Gasteiger partial charge in [-0.05, 0) is 42.7 Å². The first kappa shape index (κ1) is 23.0. The predicted octanol–water partition coefficient (Wildman–Crippen LogP) is 6.89. The number of hydrogen-bond donors (Lipinski definition) is 1. The van der Waals surface area contributed by atoms with Crippen molar-refractivity contribution in [3.05, 3.63) is 102 Å². The third-order valence-corrected chi connectivity index (χ3v) is 6.85. The summed E-state index contributed by atoms with van der Waals surface area (Å²) in [4.78, 5) is 11.2. The summed E-state index contributed by atoms with van der Waals surface area (Å²) in [5.74, 6) is -0.140. The topological polar surface area (TPSA) is 64.6 Å². The van der Waals surface area contributed by atoms with Gasteiger partial charge in [0.15, 0.2) is 0 Å². The van der Waals surface area contributed by atoms with Gasteiger partial charge in [-0.25, -0.2) is 0 Å². The fourth-order valence-corrected chi connectivity index (χ4v) is 5.34. The Bertz CT molecular complexity index is 971. The van der Waals surface area contributed by atoms with Crippen molar-refractivity contribution in [2.75, 3.05) is 5.32 Å². The van der Waals surface area contributed by atoms with Gasteiger partial charge in [0.2, 0.25) is 5.91 Å². The van der Waals surface area contributed by atoms with Crippen molar-refractivity contribution in [1.82, 2.24) is 0 Å². The molecule has 3 rings (SSSR count). The van der Waals surface area contributed by atoms with Crippen molar-refractivity contribution in [2.24, 2.45) is 0 Å². The number of carbonyl (C=O) groups excluding carboxylic acids is 1. The van der Waals surface area contributed by atoms with E-state index in [4.69, 9.17) is 9.05 Å². The monoisotopic (exact) mass is 437 g/mol. The van der Waals surface area contributed by atoms with Gasteiger partial charge in [-0.3, -0.25) is 9.36 Å². The van der Waals surface area contributed by atoms with E-state index in [9.17, 15) is 9.36 Å². The Balaban J connectivity index is 1.82. The summed E-state index contributed by atoms with van der Waals surface area (Å²) in [6.07, 6.45) is -0.663. The van der Waals surface area contributed by atoms with Crippen LogP contribution in [0.15, 0.2) is 84.9 Å². The Labute approximate surface area is 184 Å². The maximum absolute atomic E-state index is 13.9. The van der Waals surface area contributed by atoms with Gasteiger partial charge in [0.05, 0.1) is 18.4 Å². The van der Waals surface area contributed by atoms with E-state index in [0.717, 1.165) is 16.7 Å². The van der Waals surface area contributed by atoms with Crippen LogP contribution in [0.1, 0.15) is 49.7 Å². The van der Waals surface area contributed by atoms with Crippen LogP contribution in [0.5, 0.6) is 0 Å². The Morgan fingerprint density at radius 3 is 1.68 bits per heavy atom. The molecule has 0 spiro atoms.